The minimum Gasteiger partial charge on any atom is -0.462 e. The lowest BCUT2D eigenvalue weighted by Crippen LogP contribution is -2.30. The fourth-order valence-corrected chi connectivity index (χ4v) is 7.69. The zero-order valence-electron chi connectivity index (χ0n) is 38.8. The molecule has 1 atom stereocenters. The van der Waals surface area contributed by atoms with E-state index in [2.05, 4.69) is 27.7 Å². The molecular formula is C51H98O6. The molecule has 0 radical (unpaired) electrons. The Kier molecular flexibility index (Phi) is 44.2. The molecule has 0 rings (SSSR count). The van der Waals surface area contributed by atoms with E-state index in [9.17, 15) is 14.4 Å². The van der Waals surface area contributed by atoms with Crippen LogP contribution in [0.25, 0.3) is 0 Å². The molecule has 0 aromatic carbocycles. The van der Waals surface area contributed by atoms with E-state index in [4.69, 9.17) is 14.2 Å². The zero-order valence-corrected chi connectivity index (χ0v) is 38.8. The monoisotopic (exact) mass is 807 g/mol. The summed E-state index contributed by atoms with van der Waals surface area (Å²) in [5, 5.41) is 0. The Hall–Kier alpha value is -1.59. The third-order valence-corrected chi connectivity index (χ3v) is 11.5. The van der Waals surface area contributed by atoms with Gasteiger partial charge in [-0.15, -0.1) is 0 Å². The van der Waals surface area contributed by atoms with E-state index in [1.165, 1.54) is 180 Å². The summed E-state index contributed by atoms with van der Waals surface area (Å²) in [6, 6.07) is 0. The summed E-state index contributed by atoms with van der Waals surface area (Å²) in [6.45, 7) is 8.97. The van der Waals surface area contributed by atoms with Crippen LogP contribution in [0.4, 0.5) is 0 Å². The van der Waals surface area contributed by atoms with Crippen LogP contribution >= 0.6 is 0 Å². The van der Waals surface area contributed by atoms with Crippen molar-refractivity contribution in [2.45, 2.75) is 291 Å². The van der Waals surface area contributed by atoms with E-state index in [0.29, 0.717) is 19.3 Å². The summed E-state index contributed by atoms with van der Waals surface area (Å²) in [6.07, 6.45) is 46.7. The summed E-state index contributed by atoms with van der Waals surface area (Å²) in [4.78, 5) is 37.8. The molecule has 0 fully saturated rings. The van der Waals surface area contributed by atoms with Gasteiger partial charge in [-0.25, -0.2) is 0 Å². The predicted molar refractivity (Wildman–Crippen MR) is 243 cm³/mol. The van der Waals surface area contributed by atoms with Crippen molar-refractivity contribution in [3.05, 3.63) is 0 Å². The van der Waals surface area contributed by atoms with Gasteiger partial charge in [0.25, 0.3) is 0 Å². The topological polar surface area (TPSA) is 78.9 Å². The van der Waals surface area contributed by atoms with Crippen molar-refractivity contribution in [1.29, 1.82) is 0 Å². The van der Waals surface area contributed by atoms with E-state index in [-0.39, 0.29) is 31.1 Å². The Bertz CT molecular complexity index is 857. The van der Waals surface area contributed by atoms with Gasteiger partial charge in [0.15, 0.2) is 6.10 Å². The van der Waals surface area contributed by atoms with E-state index < -0.39 is 6.10 Å². The van der Waals surface area contributed by atoms with Gasteiger partial charge >= 0.3 is 17.9 Å². The van der Waals surface area contributed by atoms with Gasteiger partial charge in [0.1, 0.15) is 13.2 Å². The molecule has 0 aliphatic heterocycles. The fourth-order valence-electron chi connectivity index (χ4n) is 7.69. The molecule has 0 saturated heterocycles. The normalized spacial score (nSPS) is 11.9. The fraction of sp³-hybridized carbons (Fsp3) is 0.941. The van der Waals surface area contributed by atoms with Gasteiger partial charge in [-0.05, 0) is 25.2 Å². The predicted octanol–water partition coefficient (Wildman–Crippen LogP) is 16.3. The Morgan fingerprint density at radius 3 is 0.860 bits per heavy atom. The summed E-state index contributed by atoms with van der Waals surface area (Å²) < 4.78 is 16.8. The first-order valence-electron chi connectivity index (χ1n) is 25.4. The number of carbonyl (C=O) groups is 3. The first-order chi connectivity index (χ1) is 27.9. The highest BCUT2D eigenvalue weighted by Crippen LogP contribution is 2.17. The van der Waals surface area contributed by atoms with Crippen molar-refractivity contribution in [2.75, 3.05) is 13.2 Å². The van der Waals surface area contributed by atoms with Gasteiger partial charge in [0, 0.05) is 19.3 Å². The minimum atomic E-state index is -0.760. The van der Waals surface area contributed by atoms with Crippen molar-refractivity contribution in [2.24, 2.45) is 5.92 Å². The Labute approximate surface area is 355 Å². The molecule has 0 bridgehead atoms. The molecular weight excluding hydrogens is 709 g/mol. The highest BCUT2D eigenvalue weighted by Gasteiger charge is 2.19. The molecule has 0 aliphatic rings. The van der Waals surface area contributed by atoms with Crippen molar-refractivity contribution in [3.63, 3.8) is 0 Å². The largest absolute Gasteiger partial charge is 0.462 e. The van der Waals surface area contributed by atoms with Crippen LogP contribution in [0.1, 0.15) is 285 Å². The van der Waals surface area contributed by atoms with Crippen LogP contribution < -0.4 is 0 Å². The second kappa shape index (κ2) is 45.5. The van der Waals surface area contributed by atoms with Crippen LogP contribution in [0.5, 0.6) is 0 Å². The first kappa shape index (κ1) is 55.4. The Balaban J connectivity index is 4.23. The third kappa shape index (κ3) is 45.3. The SMILES string of the molecule is CCCCCCCCCCCCCCCCCCCCC(=O)OC[C@H](COC(=O)CCCCCCCCCC(C)C)OC(=O)CCCCCCCCCCCCC. The average molecular weight is 807 g/mol. The maximum absolute atomic E-state index is 12.7. The summed E-state index contributed by atoms with van der Waals surface area (Å²) in [5.74, 6) is -0.0688. The van der Waals surface area contributed by atoms with Gasteiger partial charge in [-0.1, -0.05) is 246 Å². The summed E-state index contributed by atoms with van der Waals surface area (Å²) in [7, 11) is 0. The minimum absolute atomic E-state index is 0.0635. The second-order valence-corrected chi connectivity index (χ2v) is 17.9. The molecule has 0 saturated carbocycles. The zero-order chi connectivity index (χ0) is 41.7. The molecule has 0 aromatic rings. The van der Waals surface area contributed by atoms with Crippen LogP contribution in [0.15, 0.2) is 0 Å². The number of unbranched alkanes of at least 4 members (excludes halogenated alkanes) is 33. The average Bonchev–Trinajstić information content (AvgIpc) is 3.19. The standard InChI is InChI=1S/C51H98O6/c1-5-7-9-11-13-15-17-18-19-20-21-22-23-25-26-30-34-38-42-49(52)55-45-48(46-56-50(53)43-39-35-32-28-29-33-37-41-47(3)4)57-51(54)44-40-36-31-27-24-16-14-12-10-8-6-2/h47-48H,5-46H2,1-4H3/t48-/m1/s1. The smallest absolute Gasteiger partial charge is 0.306 e. The number of hydrogen-bond acceptors (Lipinski definition) is 6. The van der Waals surface area contributed by atoms with Gasteiger partial charge < -0.3 is 14.2 Å². The quantitative estimate of drug-likeness (QED) is 0.0346. The van der Waals surface area contributed by atoms with Crippen LogP contribution in [-0.2, 0) is 28.6 Å². The van der Waals surface area contributed by atoms with Gasteiger partial charge in [-0.2, -0.15) is 0 Å². The lowest BCUT2D eigenvalue weighted by Gasteiger charge is -2.18. The van der Waals surface area contributed by atoms with E-state index in [0.717, 1.165) is 63.7 Å². The van der Waals surface area contributed by atoms with Crippen LogP contribution in [0.3, 0.4) is 0 Å². The highest BCUT2D eigenvalue weighted by atomic mass is 16.6. The van der Waals surface area contributed by atoms with Crippen LogP contribution in [-0.4, -0.2) is 37.2 Å². The third-order valence-electron chi connectivity index (χ3n) is 11.5. The lowest BCUT2D eigenvalue weighted by atomic mass is 10.0. The van der Waals surface area contributed by atoms with Crippen molar-refractivity contribution >= 4 is 17.9 Å². The number of carbonyl (C=O) groups excluding carboxylic acids is 3. The Morgan fingerprint density at radius 1 is 0.333 bits per heavy atom. The summed E-state index contributed by atoms with van der Waals surface area (Å²) >= 11 is 0. The number of ether oxygens (including phenoxy) is 3. The molecule has 0 aromatic heterocycles. The van der Waals surface area contributed by atoms with Gasteiger partial charge in [-0.3, -0.25) is 14.4 Å². The lowest BCUT2D eigenvalue weighted by molar-refractivity contribution is -0.167. The van der Waals surface area contributed by atoms with E-state index in [1.54, 1.807) is 0 Å². The first-order valence-corrected chi connectivity index (χ1v) is 25.4. The van der Waals surface area contributed by atoms with Gasteiger partial charge in [0.05, 0.1) is 0 Å². The molecule has 57 heavy (non-hydrogen) atoms. The van der Waals surface area contributed by atoms with Crippen LogP contribution in [0, 0.1) is 5.92 Å². The van der Waals surface area contributed by atoms with Crippen molar-refractivity contribution in [3.8, 4) is 0 Å². The molecule has 0 amide bonds. The number of hydrogen-bond donors (Lipinski definition) is 0. The molecule has 338 valence electrons. The molecule has 0 N–H and O–H groups in total. The molecule has 0 aliphatic carbocycles. The maximum Gasteiger partial charge on any atom is 0.306 e. The summed E-state index contributed by atoms with van der Waals surface area (Å²) in [5.41, 5.74) is 0. The Morgan fingerprint density at radius 2 is 0.579 bits per heavy atom. The van der Waals surface area contributed by atoms with Gasteiger partial charge in [0.2, 0.25) is 0 Å². The highest BCUT2D eigenvalue weighted by molar-refractivity contribution is 5.71. The second-order valence-electron chi connectivity index (χ2n) is 17.9. The maximum atomic E-state index is 12.7. The molecule has 0 unspecified atom stereocenters. The number of esters is 3. The van der Waals surface area contributed by atoms with E-state index >= 15 is 0 Å². The molecule has 0 spiro atoms. The van der Waals surface area contributed by atoms with Crippen LogP contribution in [0.2, 0.25) is 0 Å². The molecule has 6 nitrogen and oxygen atoms in total. The molecule has 6 heteroatoms. The van der Waals surface area contributed by atoms with Crippen molar-refractivity contribution in [1.82, 2.24) is 0 Å². The van der Waals surface area contributed by atoms with E-state index in [1.807, 2.05) is 0 Å². The molecule has 0 heterocycles. The number of rotatable bonds is 46. The van der Waals surface area contributed by atoms with Crippen molar-refractivity contribution < 1.29 is 28.6 Å².